The van der Waals surface area contributed by atoms with Crippen LogP contribution in [0, 0.1) is 13.8 Å². The highest BCUT2D eigenvalue weighted by Gasteiger charge is 2.13. The Kier molecular flexibility index (Phi) is 4.08. The molecular weight excluding hydrogens is 304 g/mol. The fraction of sp³-hybridized carbons (Fsp3) is 0.158. The van der Waals surface area contributed by atoms with E-state index in [0.717, 1.165) is 45.6 Å². The van der Waals surface area contributed by atoms with Gasteiger partial charge in [-0.25, -0.2) is 9.78 Å². The quantitative estimate of drug-likeness (QED) is 0.744. The molecule has 0 unspecified atom stereocenters. The van der Waals surface area contributed by atoms with Gasteiger partial charge >= 0.3 is 5.97 Å². The predicted octanol–water partition coefficient (Wildman–Crippen LogP) is 3.72. The van der Waals surface area contributed by atoms with E-state index < -0.39 is 5.97 Å². The molecule has 3 rings (SSSR count). The van der Waals surface area contributed by atoms with Gasteiger partial charge in [0.05, 0.1) is 18.5 Å². The maximum absolute atomic E-state index is 10.9. The average molecular weight is 322 g/mol. The first-order valence-electron chi connectivity index (χ1n) is 7.54. The molecule has 5 nitrogen and oxygen atoms in total. The summed E-state index contributed by atoms with van der Waals surface area (Å²) in [6.45, 7) is 3.95. The number of aryl methyl sites for hydroxylation is 2. The van der Waals surface area contributed by atoms with Crippen LogP contribution in [0.1, 0.15) is 16.8 Å². The number of carboxylic acid groups (broad SMARTS) is 1. The summed E-state index contributed by atoms with van der Waals surface area (Å²) >= 11 is 0. The molecule has 24 heavy (non-hydrogen) atoms. The van der Waals surface area contributed by atoms with Gasteiger partial charge in [0.15, 0.2) is 0 Å². The van der Waals surface area contributed by atoms with Crippen molar-refractivity contribution < 1.29 is 14.6 Å². The number of aromatic nitrogens is 2. The van der Waals surface area contributed by atoms with Gasteiger partial charge < -0.3 is 9.84 Å². The van der Waals surface area contributed by atoms with Crippen LogP contribution in [0.2, 0.25) is 0 Å². The van der Waals surface area contributed by atoms with Gasteiger partial charge in [-0.05, 0) is 55.3 Å². The number of fused-ring (bicyclic) bond motifs is 1. The van der Waals surface area contributed by atoms with Crippen molar-refractivity contribution >= 4 is 17.7 Å². The average Bonchev–Trinajstić information content (AvgIpc) is 2.90. The lowest BCUT2D eigenvalue weighted by Gasteiger charge is -2.07. The third-order valence-electron chi connectivity index (χ3n) is 3.86. The molecule has 2 heterocycles. The zero-order valence-corrected chi connectivity index (χ0v) is 13.8. The smallest absolute Gasteiger partial charge is 0.328 e. The van der Waals surface area contributed by atoms with Gasteiger partial charge in [0.2, 0.25) is 0 Å². The summed E-state index contributed by atoms with van der Waals surface area (Å²) in [6.07, 6.45) is 4.66. The van der Waals surface area contributed by atoms with Gasteiger partial charge in [-0.2, -0.15) is 0 Å². The van der Waals surface area contributed by atoms with Crippen LogP contribution in [-0.2, 0) is 4.79 Å². The summed E-state index contributed by atoms with van der Waals surface area (Å²) in [5, 5.41) is 8.98. The second-order valence-electron chi connectivity index (χ2n) is 5.64. The number of aliphatic carboxylic acids is 1. The van der Waals surface area contributed by atoms with E-state index in [1.54, 1.807) is 13.2 Å². The second-order valence-corrected chi connectivity index (χ2v) is 5.64. The largest absolute Gasteiger partial charge is 0.496 e. The van der Waals surface area contributed by atoms with Crippen molar-refractivity contribution in [3.63, 3.8) is 0 Å². The molecule has 0 spiro atoms. The molecule has 0 aliphatic carbocycles. The molecule has 0 saturated heterocycles. The molecule has 5 heteroatoms. The van der Waals surface area contributed by atoms with Crippen molar-refractivity contribution in [2.75, 3.05) is 7.11 Å². The number of rotatable bonds is 4. The zero-order valence-electron chi connectivity index (χ0n) is 13.8. The Hall–Kier alpha value is -3.08. The van der Waals surface area contributed by atoms with Gasteiger partial charge in [0.1, 0.15) is 11.4 Å². The van der Waals surface area contributed by atoms with E-state index in [-0.39, 0.29) is 0 Å². The SMILES string of the molecule is COc1ccc(-c2nc3ccc(C)cn3c2/C=C/C(=O)O)cc1C. The number of benzene rings is 1. The number of methoxy groups -OCH3 is 1. The molecule has 0 aliphatic heterocycles. The van der Waals surface area contributed by atoms with Crippen LogP contribution in [0.4, 0.5) is 0 Å². The fourth-order valence-corrected chi connectivity index (χ4v) is 2.72. The van der Waals surface area contributed by atoms with Gasteiger partial charge in [-0.1, -0.05) is 6.07 Å². The number of nitrogens with zero attached hydrogens (tertiary/aromatic N) is 2. The van der Waals surface area contributed by atoms with E-state index >= 15 is 0 Å². The first kappa shape index (κ1) is 15.8. The van der Waals surface area contributed by atoms with E-state index in [4.69, 9.17) is 9.84 Å². The maximum Gasteiger partial charge on any atom is 0.328 e. The van der Waals surface area contributed by atoms with Crippen LogP contribution in [-0.4, -0.2) is 27.6 Å². The number of hydrogen-bond acceptors (Lipinski definition) is 3. The number of ether oxygens (including phenoxy) is 1. The van der Waals surface area contributed by atoms with Gasteiger partial charge in [-0.3, -0.25) is 4.40 Å². The van der Waals surface area contributed by atoms with Crippen molar-refractivity contribution in [2.24, 2.45) is 0 Å². The molecule has 1 N–H and O–H groups in total. The molecule has 3 aromatic rings. The molecule has 0 radical (unpaired) electrons. The van der Waals surface area contributed by atoms with Crippen LogP contribution in [0.25, 0.3) is 23.0 Å². The number of imidazole rings is 1. The molecule has 0 aliphatic rings. The number of carbonyl (C=O) groups is 1. The monoisotopic (exact) mass is 322 g/mol. The Morgan fingerprint density at radius 1 is 1.25 bits per heavy atom. The van der Waals surface area contributed by atoms with Crippen LogP contribution in [0.3, 0.4) is 0 Å². The summed E-state index contributed by atoms with van der Waals surface area (Å²) in [4.78, 5) is 15.6. The minimum absolute atomic E-state index is 0.737. The van der Waals surface area contributed by atoms with E-state index in [2.05, 4.69) is 4.98 Å². The van der Waals surface area contributed by atoms with E-state index in [1.165, 1.54) is 0 Å². The third-order valence-corrected chi connectivity index (χ3v) is 3.86. The summed E-state index contributed by atoms with van der Waals surface area (Å²) in [5.74, 6) is -0.185. The Morgan fingerprint density at radius 3 is 2.71 bits per heavy atom. The van der Waals surface area contributed by atoms with Gasteiger partial charge in [-0.15, -0.1) is 0 Å². The lowest BCUT2D eigenvalue weighted by atomic mass is 10.1. The molecule has 0 saturated carbocycles. The molecule has 0 atom stereocenters. The lowest BCUT2D eigenvalue weighted by molar-refractivity contribution is -0.131. The van der Waals surface area contributed by atoms with Crippen LogP contribution in [0.5, 0.6) is 5.75 Å². The minimum atomic E-state index is -0.991. The highest BCUT2D eigenvalue weighted by molar-refractivity contribution is 5.87. The van der Waals surface area contributed by atoms with Crippen LogP contribution < -0.4 is 4.74 Å². The first-order chi connectivity index (χ1) is 11.5. The fourth-order valence-electron chi connectivity index (χ4n) is 2.72. The molecule has 2 aromatic heterocycles. The molecule has 0 bridgehead atoms. The molecule has 0 amide bonds. The van der Waals surface area contributed by atoms with Crippen LogP contribution in [0.15, 0.2) is 42.6 Å². The topological polar surface area (TPSA) is 63.8 Å². The Labute approximate surface area is 139 Å². The van der Waals surface area contributed by atoms with Crippen molar-refractivity contribution in [1.29, 1.82) is 0 Å². The minimum Gasteiger partial charge on any atom is -0.496 e. The summed E-state index contributed by atoms with van der Waals surface area (Å²) in [7, 11) is 1.64. The third kappa shape index (κ3) is 2.88. The van der Waals surface area contributed by atoms with Crippen molar-refractivity contribution in [1.82, 2.24) is 9.38 Å². The summed E-state index contributed by atoms with van der Waals surface area (Å²) in [6, 6.07) is 9.72. The number of carboxylic acids is 1. The zero-order chi connectivity index (χ0) is 17.3. The van der Waals surface area contributed by atoms with Crippen molar-refractivity contribution in [3.05, 3.63) is 59.4 Å². The van der Waals surface area contributed by atoms with Crippen molar-refractivity contribution in [2.45, 2.75) is 13.8 Å². The number of hydrogen-bond donors (Lipinski definition) is 1. The second kappa shape index (κ2) is 6.20. The summed E-state index contributed by atoms with van der Waals surface area (Å²) < 4.78 is 7.21. The maximum atomic E-state index is 10.9. The van der Waals surface area contributed by atoms with E-state index in [1.807, 2.05) is 54.8 Å². The van der Waals surface area contributed by atoms with Crippen molar-refractivity contribution in [3.8, 4) is 17.0 Å². The molecule has 1 aromatic carbocycles. The Morgan fingerprint density at radius 2 is 2.04 bits per heavy atom. The normalized spacial score (nSPS) is 11.3. The Balaban J connectivity index is 2.24. The molecule has 0 fully saturated rings. The van der Waals surface area contributed by atoms with Crippen LogP contribution >= 0.6 is 0 Å². The van der Waals surface area contributed by atoms with Gasteiger partial charge in [0, 0.05) is 17.8 Å². The lowest BCUT2D eigenvalue weighted by Crippen LogP contribution is -1.92. The predicted molar refractivity (Wildman–Crippen MR) is 93.3 cm³/mol. The van der Waals surface area contributed by atoms with Gasteiger partial charge in [0.25, 0.3) is 0 Å². The van der Waals surface area contributed by atoms with E-state index in [0.29, 0.717) is 0 Å². The molecular formula is C19H18N2O3. The highest BCUT2D eigenvalue weighted by Crippen LogP contribution is 2.29. The van der Waals surface area contributed by atoms with E-state index in [9.17, 15) is 4.79 Å². The first-order valence-corrected chi connectivity index (χ1v) is 7.54. The highest BCUT2D eigenvalue weighted by atomic mass is 16.5. The Bertz CT molecular complexity index is 955. The molecule has 122 valence electrons. The standard InChI is InChI=1S/C19H18N2O3/c1-12-4-8-17-20-19(14-5-7-16(24-3)13(2)10-14)15(21(17)11-12)6-9-18(22)23/h4-11H,1-3H3,(H,22,23)/b9-6+. The number of pyridine rings is 1. The summed E-state index contributed by atoms with van der Waals surface area (Å²) in [5.41, 5.74) is 5.23.